The second-order valence-corrected chi connectivity index (χ2v) is 7.95. The molecule has 0 spiro atoms. The molecule has 5 nitrogen and oxygen atoms in total. The molecule has 0 fully saturated rings. The molecule has 1 aliphatic carbocycles. The van der Waals surface area contributed by atoms with E-state index in [1.807, 2.05) is 6.20 Å². The van der Waals surface area contributed by atoms with Crippen LogP contribution in [0.5, 0.6) is 0 Å². The van der Waals surface area contributed by atoms with Crippen molar-refractivity contribution in [3.63, 3.8) is 0 Å². The average molecular weight is 366 g/mol. The van der Waals surface area contributed by atoms with Crippen molar-refractivity contribution in [2.75, 3.05) is 5.75 Å². The van der Waals surface area contributed by atoms with Crippen LogP contribution in [0.2, 0.25) is 0 Å². The highest BCUT2D eigenvalue weighted by molar-refractivity contribution is 7.99. The number of hydrogen-bond donors (Lipinski definition) is 0. The van der Waals surface area contributed by atoms with Gasteiger partial charge in [0.2, 0.25) is 5.16 Å². The van der Waals surface area contributed by atoms with Crippen molar-refractivity contribution in [2.24, 2.45) is 0 Å². The third-order valence-electron chi connectivity index (χ3n) is 4.81. The van der Waals surface area contributed by atoms with Crippen molar-refractivity contribution in [1.82, 2.24) is 19.6 Å². The summed E-state index contributed by atoms with van der Waals surface area (Å²) in [5.41, 5.74) is 3.97. The molecule has 3 aromatic rings. The minimum Gasteiger partial charge on any atom is -0.294 e. The molecule has 2 aromatic heterocycles. The van der Waals surface area contributed by atoms with Crippen LogP contribution >= 0.6 is 11.8 Å². The molecule has 0 radical (unpaired) electrons. The van der Waals surface area contributed by atoms with Crippen molar-refractivity contribution in [2.45, 2.75) is 50.6 Å². The van der Waals surface area contributed by atoms with Gasteiger partial charge in [0.25, 0.3) is 5.78 Å². The summed E-state index contributed by atoms with van der Waals surface area (Å²) in [6, 6.07) is 8.41. The minimum atomic E-state index is 0.142. The van der Waals surface area contributed by atoms with E-state index in [-0.39, 0.29) is 11.7 Å². The summed E-state index contributed by atoms with van der Waals surface area (Å²) >= 11 is 1.65. The van der Waals surface area contributed by atoms with Crippen LogP contribution in [0.4, 0.5) is 0 Å². The predicted molar refractivity (Wildman–Crippen MR) is 103 cm³/mol. The zero-order valence-electron chi connectivity index (χ0n) is 15.1. The van der Waals surface area contributed by atoms with Crippen LogP contribution in [0, 0.1) is 6.92 Å². The zero-order valence-corrected chi connectivity index (χ0v) is 15.9. The number of rotatable bonds is 5. The van der Waals surface area contributed by atoms with Crippen LogP contribution in [0.3, 0.4) is 0 Å². The van der Waals surface area contributed by atoms with Crippen LogP contribution in [-0.4, -0.2) is 31.1 Å². The number of fused-ring (bicyclic) bond motifs is 2. The second-order valence-electron chi connectivity index (χ2n) is 6.88. The lowest BCUT2D eigenvalue weighted by atomic mass is 9.82. The number of ketones is 1. The number of hydrogen-bond acceptors (Lipinski definition) is 5. The van der Waals surface area contributed by atoms with Gasteiger partial charge in [-0.25, -0.2) is 9.50 Å². The van der Waals surface area contributed by atoms with Gasteiger partial charge in [-0.1, -0.05) is 54.9 Å². The topological polar surface area (TPSA) is 60.1 Å². The maximum absolute atomic E-state index is 12.7. The third kappa shape index (κ3) is 3.38. The van der Waals surface area contributed by atoms with Gasteiger partial charge in [0.1, 0.15) is 0 Å². The predicted octanol–water partition coefficient (Wildman–Crippen LogP) is 4.24. The molecule has 0 unspecified atom stereocenters. The maximum Gasteiger partial charge on any atom is 0.253 e. The molecule has 134 valence electrons. The summed E-state index contributed by atoms with van der Waals surface area (Å²) < 4.78 is 1.65. The van der Waals surface area contributed by atoms with Gasteiger partial charge in [0, 0.05) is 18.4 Å². The lowest BCUT2D eigenvalue weighted by Gasteiger charge is -2.23. The molecule has 6 heteroatoms. The minimum absolute atomic E-state index is 0.142. The molecule has 0 aliphatic heterocycles. The highest BCUT2D eigenvalue weighted by Gasteiger charge is 2.28. The van der Waals surface area contributed by atoms with Crippen LogP contribution in [0.1, 0.15) is 59.3 Å². The monoisotopic (exact) mass is 366 g/mol. The van der Waals surface area contributed by atoms with Gasteiger partial charge < -0.3 is 0 Å². The van der Waals surface area contributed by atoms with Crippen molar-refractivity contribution in [3.05, 3.63) is 52.8 Å². The molecule has 0 bridgehead atoms. The Kier molecular flexibility index (Phi) is 4.76. The van der Waals surface area contributed by atoms with E-state index in [2.05, 4.69) is 53.2 Å². The summed E-state index contributed by atoms with van der Waals surface area (Å²) in [5, 5.41) is 5.20. The molecule has 4 rings (SSSR count). The lowest BCUT2D eigenvalue weighted by molar-refractivity contribution is 0.0962. The molecule has 0 amide bonds. The highest BCUT2D eigenvalue weighted by atomic mass is 32.2. The molecule has 0 saturated heterocycles. The van der Waals surface area contributed by atoms with Crippen molar-refractivity contribution >= 4 is 23.3 Å². The second kappa shape index (κ2) is 7.19. The summed E-state index contributed by atoms with van der Waals surface area (Å²) in [5.74, 6) is 1.91. The number of Topliss-reactive ketones (excluding diaryl/α,β-unsaturated/α-hetero) is 1. The molecular formula is C20H22N4OS. The Morgan fingerprint density at radius 3 is 2.96 bits per heavy atom. The quantitative estimate of drug-likeness (QED) is 0.499. The summed E-state index contributed by atoms with van der Waals surface area (Å²) in [6.07, 6.45) is 5.40. The summed E-state index contributed by atoms with van der Waals surface area (Å²) in [4.78, 5) is 21.9. The number of unbranched alkanes of at least 4 members (excludes halogenated alkanes) is 1. The normalized spacial score (nSPS) is 16.8. The number of carbonyl (C=O) groups excluding carboxylic acids is 1. The van der Waals surface area contributed by atoms with Gasteiger partial charge in [-0.3, -0.25) is 4.79 Å². The van der Waals surface area contributed by atoms with Gasteiger partial charge in [-0.15, -0.1) is 5.10 Å². The van der Waals surface area contributed by atoms with E-state index < -0.39 is 0 Å². The van der Waals surface area contributed by atoms with Gasteiger partial charge in [0.05, 0.1) is 11.3 Å². The first-order valence-electron chi connectivity index (χ1n) is 9.13. The van der Waals surface area contributed by atoms with Gasteiger partial charge in [-0.05, 0) is 31.2 Å². The molecule has 2 heterocycles. The smallest absolute Gasteiger partial charge is 0.253 e. The number of benzene rings is 1. The number of aromatic nitrogens is 4. The number of aryl methyl sites for hydroxylation is 1. The molecule has 1 aliphatic rings. The third-order valence-corrected chi connectivity index (χ3v) is 5.73. The number of nitrogens with zero attached hydrogens (tertiary/aromatic N) is 4. The lowest BCUT2D eigenvalue weighted by Crippen LogP contribution is -2.21. The van der Waals surface area contributed by atoms with E-state index in [0.29, 0.717) is 17.8 Å². The number of thioether (sulfide) groups is 1. The fourth-order valence-corrected chi connectivity index (χ4v) is 4.30. The molecule has 1 aromatic carbocycles. The standard InChI is InChI=1S/C20H22N4OS/c1-3-4-8-26-20-22-19-21-17-10-15(14-7-5-6-13(2)9-14)11-18(25)16(17)12-24(19)23-20/h5-7,9,12,15H,3-4,8,10-11H2,1-2H3/t15-/m1/s1. The fraction of sp³-hybridized carbons (Fsp3) is 0.400. The summed E-state index contributed by atoms with van der Waals surface area (Å²) in [7, 11) is 0. The van der Waals surface area contributed by atoms with Crippen molar-refractivity contribution in [3.8, 4) is 0 Å². The van der Waals surface area contributed by atoms with Gasteiger partial charge >= 0.3 is 0 Å². The molecular weight excluding hydrogens is 344 g/mol. The molecule has 1 atom stereocenters. The van der Waals surface area contributed by atoms with E-state index in [1.165, 1.54) is 11.1 Å². The average Bonchev–Trinajstić information content (AvgIpc) is 3.02. The first kappa shape index (κ1) is 17.2. The highest BCUT2D eigenvalue weighted by Crippen LogP contribution is 2.32. The van der Waals surface area contributed by atoms with Gasteiger partial charge in [-0.2, -0.15) is 4.98 Å². The Hall–Kier alpha value is -2.21. The fourth-order valence-electron chi connectivity index (χ4n) is 3.39. The van der Waals surface area contributed by atoms with E-state index in [9.17, 15) is 4.79 Å². The Morgan fingerprint density at radius 1 is 1.27 bits per heavy atom. The van der Waals surface area contributed by atoms with E-state index in [1.54, 1.807) is 16.3 Å². The SMILES string of the molecule is CCCCSc1nc2nc3c(cn2n1)C(=O)C[C@H](c1cccc(C)c1)C3. The summed E-state index contributed by atoms with van der Waals surface area (Å²) in [6.45, 7) is 4.25. The molecule has 0 N–H and O–H groups in total. The zero-order chi connectivity index (χ0) is 18.1. The van der Waals surface area contributed by atoms with E-state index in [0.717, 1.165) is 35.9 Å². The Labute approximate surface area is 157 Å². The Bertz CT molecular complexity index is 966. The first-order chi connectivity index (χ1) is 12.6. The molecule has 26 heavy (non-hydrogen) atoms. The van der Waals surface area contributed by atoms with Crippen molar-refractivity contribution in [1.29, 1.82) is 0 Å². The van der Waals surface area contributed by atoms with Crippen LogP contribution in [0.25, 0.3) is 5.78 Å². The molecule has 0 saturated carbocycles. The Morgan fingerprint density at radius 2 is 2.15 bits per heavy atom. The largest absolute Gasteiger partial charge is 0.294 e. The van der Waals surface area contributed by atoms with E-state index in [4.69, 9.17) is 0 Å². The van der Waals surface area contributed by atoms with E-state index >= 15 is 0 Å². The van der Waals surface area contributed by atoms with Crippen LogP contribution < -0.4 is 0 Å². The Balaban J connectivity index is 1.64. The van der Waals surface area contributed by atoms with Crippen molar-refractivity contribution < 1.29 is 4.79 Å². The van der Waals surface area contributed by atoms with Crippen LogP contribution in [0.15, 0.2) is 35.6 Å². The van der Waals surface area contributed by atoms with Crippen LogP contribution in [-0.2, 0) is 6.42 Å². The first-order valence-corrected chi connectivity index (χ1v) is 10.1. The van der Waals surface area contributed by atoms with Gasteiger partial charge in [0.15, 0.2) is 5.78 Å². The maximum atomic E-state index is 12.7. The number of carbonyl (C=O) groups is 1.